The number of ether oxygens (including phenoxy) is 1. The van der Waals surface area contributed by atoms with Crippen LogP contribution in [0.4, 0.5) is 0 Å². The third kappa shape index (κ3) is 5.70. The fraction of sp³-hybridized carbons (Fsp3) is 0.938. The Bertz CT molecular complexity index is 281. The smallest absolute Gasteiger partial charge is 0.191 e. The van der Waals surface area contributed by atoms with Gasteiger partial charge in [-0.25, -0.2) is 0 Å². The normalized spacial score (nSPS) is 22.1. The molecule has 0 bridgehead atoms. The molecule has 20 heavy (non-hydrogen) atoms. The summed E-state index contributed by atoms with van der Waals surface area (Å²) >= 11 is 0. The van der Waals surface area contributed by atoms with Gasteiger partial charge in [0.05, 0.1) is 6.10 Å². The van der Waals surface area contributed by atoms with Crippen LogP contribution >= 0.6 is 0 Å². The minimum Gasteiger partial charge on any atom is -0.378 e. The van der Waals surface area contributed by atoms with Gasteiger partial charge in [0.1, 0.15) is 0 Å². The van der Waals surface area contributed by atoms with Gasteiger partial charge in [0, 0.05) is 26.2 Å². The highest BCUT2D eigenvalue weighted by molar-refractivity contribution is 5.79. The molecule has 0 amide bonds. The lowest BCUT2D eigenvalue weighted by atomic mass is 9.96. The number of hydrogen-bond acceptors (Lipinski definition) is 2. The summed E-state index contributed by atoms with van der Waals surface area (Å²) in [5.41, 5.74) is 0. The Kier molecular flexibility index (Phi) is 7.20. The molecule has 0 spiro atoms. The SMILES string of the molecule is CN=C(NCCCOC1CCCC1)NC1CCCCC1. The van der Waals surface area contributed by atoms with Gasteiger partial charge < -0.3 is 15.4 Å². The van der Waals surface area contributed by atoms with Gasteiger partial charge in [-0.1, -0.05) is 32.1 Å². The van der Waals surface area contributed by atoms with Gasteiger partial charge in [-0.2, -0.15) is 0 Å². The molecule has 0 aromatic heterocycles. The van der Waals surface area contributed by atoms with Crippen LogP contribution in [0.3, 0.4) is 0 Å². The molecule has 2 saturated carbocycles. The highest BCUT2D eigenvalue weighted by Gasteiger charge is 2.15. The molecule has 2 rings (SSSR count). The van der Waals surface area contributed by atoms with Crippen molar-refractivity contribution in [1.29, 1.82) is 0 Å². The lowest BCUT2D eigenvalue weighted by molar-refractivity contribution is 0.0574. The number of nitrogens with one attached hydrogen (secondary N) is 2. The van der Waals surface area contributed by atoms with Gasteiger partial charge in [-0.15, -0.1) is 0 Å². The molecule has 0 aliphatic heterocycles. The lowest BCUT2D eigenvalue weighted by Gasteiger charge is -2.24. The van der Waals surface area contributed by atoms with Gasteiger partial charge in [0.25, 0.3) is 0 Å². The topological polar surface area (TPSA) is 45.7 Å². The van der Waals surface area contributed by atoms with Crippen LogP contribution in [0.5, 0.6) is 0 Å². The van der Waals surface area contributed by atoms with Crippen LogP contribution in [0.2, 0.25) is 0 Å². The first-order valence-electron chi connectivity index (χ1n) is 8.47. The maximum absolute atomic E-state index is 5.87. The van der Waals surface area contributed by atoms with Crippen molar-refractivity contribution in [2.75, 3.05) is 20.2 Å². The van der Waals surface area contributed by atoms with E-state index >= 15 is 0 Å². The van der Waals surface area contributed by atoms with Crippen molar-refractivity contribution in [3.63, 3.8) is 0 Å². The first kappa shape index (κ1) is 15.6. The second-order valence-electron chi connectivity index (χ2n) is 6.11. The average Bonchev–Trinajstić information content (AvgIpc) is 3.00. The maximum Gasteiger partial charge on any atom is 0.191 e. The summed E-state index contributed by atoms with van der Waals surface area (Å²) in [6.45, 7) is 1.82. The molecule has 2 N–H and O–H groups in total. The van der Waals surface area contributed by atoms with E-state index in [0.29, 0.717) is 12.1 Å². The fourth-order valence-electron chi connectivity index (χ4n) is 3.22. The van der Waals surface area contributed by atoms with E-state index in [1.165, 1.54) is 57.8 Å². The summed E-state index contributed by atoms with van der Waals surface area (Å²) < 4.78 is 5.87. The molecule has 0 saturated heterocycles. The van der Waals surface area contributed by atoms with Gasteiger partial charge >= 0.3 is 0 Å². The Labute approximate surface area is 123 Å². The van der Waals surface area contributed by atoms with Gasteiger partial charge in [0.2, 0.25) is 0 Å². The highest BCUT2D eigenvalue weighted by atomic mass is 16.5. The van der Waals surface area contributed by atoms with E-state index in [2.05, 4.69) is 15.6 Å². The predicted molar refractivity (Wildman–Crippen MR) is 84.2 cm³/mol. The first-order valence-corrected chi connectivity index (χ1v) is 8.47. The van der Waals surface area contributed by atoms with E-state index in [1.54, 1.807) is 0 Å². The van der Waals surface area contributed by atoms with E-state index in [-0.39, 0.29) is 0 Å². The number of nitrogens with zero attached hydrogens (tertiary/aromatic N) is 1. The molecule has 0 heterocycles. The van der Waals surface area contributed by atoms with Gasteiger partial charge in [0.15, 0.2) is 5.96 Å². The second kappa shape index (κ2) is 9.22. The van der Waals surface area contributed by atoms with E-state index in [9.17, 15) is 0 Å². The van der Waals surface area contributed by atoms with Gasteiger partial charge in [-0.3, -0.25) is 4.99 Å². The van der Waals surface area contributed by atoms with Crippen molar-refractivity contribution in [1.82, 2.24) is 10.6 Å². The standard InChI is InChI=1S/C16H31N3O/c1-17-16(19-14-8-3-2-4-9-14)18-12-7-13-20-15-10-5-6-11-15/h14-15H,2-13H2,1H3,(H2,17,18,19). The van der Waals surface area contributed by atoms with Crippen molar-refractivity contribution in [2.24, 2.45) is 4.99 Å². The fourth-order valence-corrected chi connectivity index (χ4v) is 3.22. The van der Waals surface area contributed by atoms with Crippen molar-refractivity contribution in [2.45, 2.75) is 76.4 Å². The number of rotatable bonds is 6. The van der Waals surface area contributed by atoms with Crippen molar-refractivity contribution >= 4 is 5.96 Å². The van der Waals surface area contributed by atoms with E-state index < -0.39 is 0 Å². The molecule has 0 unspecified atom stereocenters. The molecule has 0 atom stereocenters. The first-order chi connectivity index (χ1) is 9.88. The quantitative estimate of drug-likeness (QED) is 0.447. The molecule has 4 heteroatoms. The summed E-state index contributed by atoms with van der Waals surface area (Å²) in [5.74, 6) is 0.956. The van der Waals surface area contributed by atoms with Crippen molar-refractivity contribution in [3.8, 4) is 0 Å². The van der Waals surface area contributed by atoms with Crippen LogP contribution in [0, 0.1) is 0 Å². The molecule has 2 aliphatic carbocycles. The summed E-state index contributed by atoms with van der Waals surface area (Å²) in [6, 6.07) is 0.615. The predicted octanol–water partition coefficient (Wildman–Crippen LogP) is 2.83. The zero-order valence-corrected chi connectivity index (χ0v) is 13.0. The van der Waals surface area contributed by atoms with Crippen LogP contribution in [0.15, 0.2) is 4.99 Å². The Morgan fingerprint density at radius 1 is 1.05 bits per heavy atom. The molecular formula is C16H31N3O. The summed E-state index contributed by atoms with van der Waals surface area (Å²) in [4.78, 5) is 4.31. The minimum atomic E-state index is 0.537. The molecule has 0 aromatic rings. The third-order valence-corrected chi connectivity index (χ3v) is 4.44. The van der Waals surface area contributed by atoms with Crippen LogP contribution in [0.1, 0.15) is 64.2 Å². The Balaban J connectivity index is 1.52. The average molecular weight is 281 g/mol. The summed E-state index contributed by atoms with van der Waals surface area (Å²) in [6.07, 6.45) is 13.5. The number of hydrogen-bond donors (Lipinski definition) is 2. The summed E-state index contributed by atoms with van der Waals surface area (Å²) in [5, 5.41) is 6.94. The van der Waals surface area contributed by atoms with Crippen LogP contribution in [-0.2, 0) is 4.74 Å². The number of guanidine groups is 1. The van der Waals surface area contributed by atoms with E-state index in [4.69, 9.17) is 4.74 Å². The Hall–Kier alpha value is -0.770. The number of aliphatic imine (C=N–C) groups is 1. The zero-order valence-electron chi connectivity index (χ0n) is 13.0. The molecule has 2 fully saturated rings. The Morgan fingerprint density at radius 2 is 1.75 bits per heavy atom. The van der Waals surface area contributed by atoms with Crippen LogP contribution in [0.25, 0.3) is 0 Å². The summed E-state index contributed by atoms with van der Waals surface area (Å²) in [7, 11) is 1.85. The van der Waals surface area contributed by atoms with Crippen LogP contribution < -0.4 is 10.6 Å². The second-order valence-corrected chi connectivity index (χ2v) is 6.11. The molecule has 4 nitrogen and oxygen atoms in total. The molecule has 2 aliphatic rings. The van der Waals surface area contributed by atoms with Crippen molar-refractivity contribution < 1.29 is 4.74 Å². The molecular weight excluding hydrogens is 250 g/mol. The van der Waals surface area contributed by atoms with E-state index in [1.807, 2.05) is 7.05 Å². The Morgan fingerprint density at radius 3 is 2.45 bits per heavy atom. The largest absolute Gasteiger partial charge is 0.378 e. The maximum atomic E-state index is 5.87. The molecule has 0 radical (unpaired) electrons. The lowest BCUT2D eigenvalue weighted by Crippen LogP contribution is -2.44. The monoisotopic (exact) mass is 281 g/mol. The zero-order chi connectivity index (χ0) is 14.0. The highest BCUT2D eigenvalue weighted by Crippen LogP contribution is 2.20. The van der Waals surface area contributed by atoms with Crippen molar-refractivity contribution in [3.05, 3.63) is 0 Å². The molecule has 0 aromatic carbocycles. The van der Waals surface area contributed by atoms with Crippen LogP contribution in [-0.4, -0.2) is 38.3 Å². The third-order valence-electron chi connectivity index (χ3n) is 4.44. The molecule has 116 valence electrons. The minimum absolute atomic E-state index is 0.537. The van der Waals surface area contributed by atoms with E-state index in [0.717, 1.165) is 25.5 Å². The van der Waals surface area contributed by atoms with Gasteiger partial charge in [-0.05, 0) is 32.1 Å².